The zero-order valence-corrected chi connectivity index (χ0v) is 15.1. The van der Waals surface area contributed by atoms with Crippen molar-refractivity contribution in [3.8, 4) is 0 Å². The highest BCUT2D eigenvalue weighted by Crippen LogP contribution is 2.40. The Balaban J connectivity index is 1.99. The van der Waals surface area contributed by atoms with E-state index < -0.39 is 17.5 Å². The SMILES string of the molecule is CCOC(=O)c1c(NC(=O)c2c(=O)o[nH][n+]2C)sc2c1CCC(C)C2. The van der Waals surface area contributed by atoms with Crippen molar-refractivity contribution < 1.29 is 23.5 Å². The minimum Gasteiger partial charge on any atom is -0.462 e. The number of thiophene rings is 1. The van der Waals surface area contributed by atoms with Gasteiger partial charge >= 0.3 is 23.2 Å². The molecule has 1 amide bonds. The monoisotopic (exact) mass is 366 g/mol. The normalized spacial score (nSPS) is 16.4. The molecule has 0 radical (unpaired) electrons. The fourth-order valence-electron chi connectivity index (χ4n) is 3.01. The number of hydrogen-bond donors (Lipinski definition) is 2. The smallest absolute Gasteiger partial charge is 0.440 e. The number of carbonyl (C=O) groups is 2. The topological polar surface area (TPSA) is 105 Å². The van der Waals surface area contributed by atoms with E-state index in [4.69, 9.17) is 4.74 Å². The van der Waals surface area contributed by atoms with Crippen LogP contribution in [0, 0.1) is 5.92 Å². The molecule has 0 aliphatic heterocycles. The summed E-state index contributed by atoms with van der Waals surface area (Å²) >= 11 is 1.37. The number of carbonyl (C=O) groups excluding carboxylic acids is 2. The van der Waals surface area contributed by atoms with E-state index in [-0.39, 0.29) is 12.3 Å². The third-order valence-corrected chi connectivity index (χ3v) is 5.41. The number of aryl methyl sites for hydroxylation is 1. The maximum absolute atomic E-state index is 12.5. The number of amides is 1. The average molecular weight is 366 g/mol. The lowest BCUT2D eigenvalue weighted by molar-refractivity contribution is -0.741. The molecule has 1 atom stereocenters. The summed E-state index contributed by atoms with van der Waals surface area (Å²) < 4.78 is 11.0. The van der Waals surface area contributed by atoms with Crippen LogP contribution in [0.1, 0.15) is 51.6 Å². The van der Waals surface area contributed by atoms with Crippen molar-refractivity contribution in [2.75, 3.05) is 11.9 Å². The van der Waals surface area contributed by atoms with E-state index in [0.717, 1.165) is 29.7 Å². The number of hydrogen-bond acceptors (Lipinski definition) is 6. The van der Waals surface area contributed by atoms with Crippen molar-refractivity contribution in [3.05, 3.63) is 32.1 Å². The fraction of sp³-hybridized carbons (Fsp3) is 0.500. The molecule has 1 aliphatic rings. The summed E-state index contributed by atoms with van der Waals surface area (Å²) in [5.41, 5.74) is 0.411. The van der Waals surface area contributed by atoms with E-state index in [9.17, 15) is 14.4 Å². The van der Waals surface area contributed by atoms with Gasteiger partial charge in [-0.1, -0.05) is 11.6 Å². The lowest BCUT2D eigenvalue weighted by Gasteiger charge is -2.18. The van der Waals surface area contributed by atoms with Crippen LogP contribution in [0.2, 0.25) is 0 Å². The maximum atomic E-state index is 12.5. The second-order valence-electron chi connectivity index (χ2n) is 6.12. The number of ether oxygens (including phenoxy) is 1. The fourth-order valence-corrected chi connectivity index (χ4v) is 4.40. The molecule has 25 heavy (non-hydrogen) atoms. The summed E-state index contributed by atoms with van der Waals surface area (Å²) in [5, 5.41) is 5.40. The Hall–Kier alpha value is -2.42. The molecule has 9 heteroatoms. The number of aromatic amines is 1. The Bertz CT molecular complexity index is 879. The number of nitrogens with zero attached hydrogens (tertiary/aromatic N) is 1. The first-order valence-electron chi connectivity index (χ1n) is 8.12. The van der Waals surface area contributed by atoms with Crippen LogP contribution in [-0.4, -0.2) is 23.8 Å². The summed E-state index contributed by atoms with van der Waals surface area (Å²) in [6.45, 7) is 4.15. The van der Waals surface area contributed by atoms with Gasteiger partial charge in [-0.3, -0.25) is 9.32 Å². The van der Waals surface area contributed by atoms with E-state index in [1.807, 2.05) is 0 Å². The Morgan fingerprint density at radius 1 is 1.48 bits per heavy atom. The third-order valence-electron chi connectivity index (χ3n) is 4.24. The van der Waals surface area contributed by atoms with Gasteiger partial charge in [0.15, 0.2) is 7.05 Å². The molecule has 1 unspecified atom stereocenters. The van der Waals surface area contributed by atoms with Gasteiger partial charge in [0, 0.05) is 4.88 Å². The quantitative estimate of drug-likeness (QED) is 0.629. The van der Waals surface area contributed by atoms with E-state index in [1.54, 1.807) is 6.92 Å². The number of rotatable bonds is 4. The van der Waals surface area contributed by atoms with Gasteiger partial charge in [0.25, 0.3) is 0 Å². The first-order chi connectivity index (χ1) is 11.9. The first kappa shape index (κ1) is 17.4. The molecule has 0 aromatic carbocycles. The highest BCUT2D eigenvalue weighted by Gasteiger charge is 2.32. The van der Waals surface area contributed by atoms with Crippen LogP contribution < -0.4 is 15.6 Å². The summed E-state index contributed by atoms with van der Waals surface area (Å²) in [5.74, 6) is -0.552. The van der Waals surface area contributed by atoms with Crippen LogP contribution in [0.3, 0.4) is 0 Å². The van der Waals surface area contributed by atoms with Crippen LogP contribution in [0.4, 0.5) is 5.00 Å². The van der Waals surface area contributed by atoms with Gasteiger partial charge < -0.3 is 10.1 Å². The molecule has 8 nitrogen and oxygen atoms in total. The Kier molecular flexibility index (Phi) is 4.76. The molecule has 0 saturated carbocycles. The maximum Gasteiger partial charge on any atom is 0.440 e. The minimum atomic E-state index is -0.771. The lowest BCUT2D eigenvalue weighted by atomic mass is 9.88. The Morgan fingerprint density at radius 3 is 2.88 bits per heavy atom. The molecule has 1 aliphatic carbocycles. The van der Waals surface area contributed by atoms with Crippen molar-refractivity contribution in [1.29, 1.82) is 0 Å². The number of nitrogens with one attached hydrogen (secondary N) is 2. The lowest BCUT2D eigenvalue weighted by Crippen LogP contribution is -2.41. The number of aromatic nitrogens is 2. The van der Waals surface area contributed by atoms with Gasteiger partial charge in [-0.15, -0.1) is 11.3 Å². The Morgan fingerprint density at radius 2 is 2.24 bits per heavy atom. The van der Waals surface area contributed by atoms with Crippen LogP contribution in [0.15, 0.2) is 9.32 Å². The molecule has 2 aromatic rings. The van der Waals surface area contributed by atoms with Crippen molar-refractivity contribution in [2.24, 2.45) is 13.0 Å². The predicted molar refractivity (Wildman–Crippen MR) is 89.9 cm³/mol. The van der Waals surface area contributed by atoms with E-state index >= 15 is 0 Å². The van der Waals surface area contributed by atoms with Crippen molar-refractivity contribution in [2.45, 2.75) is 33.1 Å². The largest absolute Gasteiger partial charge is 0.462 e. The predicted octanol–water partition coefficient (Wildman–Crippen LogP) is 1.41. The first-order valence-corrected chi connectivity index (χ1v) is 8.94. The van der Waals surface area contributed by atoms with Crippen LogP contribution in [0.5, 0.6) is 0 Å². The molecule has 134 valence electrons. The standard InChI is InChI=1S/C16H19N3O5S/c1-4-23-15(21)11-9-6-5-8(2)7-10(9)25-14(11)17-13(20)12-16(22)24-18-19(12)3/h8H,4-7H2,1-3H3,(H-,17,18,20,21,22)/p+1. The number of H-pyrrole nitrogens is 1. The van der Waals surface area contributed by atoms with Crippen molar-refractivity contribution >= 4 is 28.2 Å². The summed E-state index contributed by atoms with van der Waals surface area (Å²) in [7, 11) is 1.49. The van der Waals surface area contributed by atoms with E-state index in [0.29, 0.717) is 16.5 Å². The summed E-state index contributed by atoms with van der Waals surface area (Å²) in [6.07, 6.45) is 2.62. The minimum absolute atomic E-state index is 0.172. The highest BCUT2D eigenvalue weighted by atomic mass is 32.1. The van der Waals surface area contributed by atoms with E-state index in [1.165, 1.54) is 23.1 Å². The van der Waals surface area contributed by atoms with Gasteiger partial charge in [0.1, 0.15) is 5.00 Å². The molecular weight excluding hydrogens is 346 g/mol. The van der Waals surface area contributed by atoms with Crippen LogP contribution >= 0.6 is 11.3 Å². The van der Waals surface area contributed by atoms with E-state index in [2.05, 4.69) is 22.0 Å². The number of fused-ring (bicyclic) bond motifs is 1. The van der Waals surface area contributed by atoms with Crippen LogP contribution in [0.25, 0.3) is 0 Å². The molecule has 0 spiro atoms. The van der Waals surface area contributed by atoms with Crippen molar-refractivity contribution in [3.63, 3.8) is 0 Å². The number of esters is 1. The van der Waals surface area contributed by atoms with Gasteiger partial charge in [-0.05, 0) is 42.9 Å². The molecule has 2 N–H and O–H groups in total. The van der Waals surface area contributed by atoms with Gasteiger partial charge in [0.05, 0.1) is 12.2 Å². The average Bonchev–Trinajstić information content (AvgIpc) is 3.06. The van der Waals surface area contributed by atoms with Crippen LogP contribution in [-0.2, 0) is 24.6 Å². The zero-order chi connectivity index (χ0) is 18.1. The Labute approximate surface area is 147 Å². The van der Waals surface area contributed by atoms with Gasteiger partial charge in [-0.2, -0.15) is 0 Å². The van der Waals surface area contributed by atoms with Gasteiger partial charge in [0.2, 0.25) is 0 Å². The molecule has 3 rings (SSSR count). The summed E-state index contributed by atoms with van der Waals surface area (Å²) in [4.78, 5) is 37.6. The highest BCUT2D eigenvalue weighted by molar-refractivity contribution is 7.17. The van der Waals surface area contributed by atoms with Gasteiger partial charge in [-0.25, -0.2) is 9.59 Å². The van der Waals surface area contributed by atoms with Crippen molar-refractivity contribution in [1.82, 2.24) is 5.27 Å². The molecular formula is C16H20N3O5S+. The summed E-state index contributed by atoms with van der Waals surface area (Å²) in [6, 6.07) is 0. The second-order valence-corrected chi connectivity index (χ2v) is 7.22. The molecule has 0 fully saturated rings. The molecule has 2 aromatic heterocycles. The molecule has 0 bridgehead atoms. The molecule has 2 heterocycles. The third kappa shape index (κ3) is 3.23. The number of anilines is 1. The second kappa shape index (κ2) is 6.83. The zero-order valence-electron chi connectivity index (χ0n) is 14.3. The molecule has 0 saturated heterocycles.